The van der Waals surface area contributed by atoms with Crippen LogP contribution in [-0.2, 0) is 4.74 Å². The van der Waals surface area contributed by atoms with Crippen LogP contribution in [-0.4, -0.2) is 28.1 Å². The molecule has 0 N–H and O–H groups in total. The van der Waals surface area contributed by atoms with Crippen LogP contribution in [0.1, 0.15) is 50.9 Å². The van der Waals surface area contributed by atoms with Crippen LogP contribution in [0.25, 0.3) is 0 Å². The van der Waals surface area contributed by atoms with Gasteiger partial charge in [-0.3, -0.25) is 9.88 Å². The molecule has 1 fully saturated rings. The van der Waals surface area contributed by atoms with Gasteiger partial charge in [0.05, 0.1) is 17.3 Å². The molecular formula is C15H19N3O2. The first-order chi connectivity index (χ1) is 9.40. The Bertz CT molecular complexity index is 526. The van der Waals surface area contributed by atoms with Gasteiger partial charge in [0, 0.05) is 12.7 Å². The van der Waals surface area contributed by atoms with Crippen molar-refractivity contribution in [3.8, 4) is 6.07 Å². The van der Waals surface area contributed by atoms with E-state index in [1.54, 1.807) is 17.2 Å². The number of carbonyl (C=O) groups is 1. The van der Waals surface area contributed by atoms with Crippen molar-refractivity contribution >= 4 is 6.09 Å². The van der Waals surface area contributed by atoms with E-state index in [1.165, 1.54) is 0 Å². The number of pyridine rings is 1. The Balaban J connectivity index is 2.14. The number of hydrogen-bond donors (Lipinski definition) is 0. The van der Waals surface area contributed by atoms with E-state index in [4.69, 9.17) is 10.00 Å². The molecule has 0 saturated carbocycles. The standard InChI is InChI=1S/C15H19N3O2/c1-15(2,3)20-14(19)18-8-4-5-13(18)12-7-6-11(9-16)10-17-12/h6-7,10,13H,4-5,8H2,1-3H3. The summed E-state index contributed by atoms with van der Waals surface area (Å²) >= 11 is 0. The summed E-state index contributed by atoms with van der Waals surface area (Å²) in [5, 5.41) is 8.79. The van der Waals surface area contributed by atoms with Gasteiger partial charge in [-0.2, -0.15) is 5.26 Å². The lowest BCUT2D eigenvalue weighted by atomic mass is 10.1. The fourth-order valence-corrected chi connectivity index (χ4v) is 2.28. The highest BCUT2D eigenvalue weighted by Crippen LogP contribution is 2.32. The molecule has 0 aliphatic carbocycles. The topological polar surface area (TPSA) is 66.2 Å². The van der Waals surface area contributed by atoms with Crippen molar-refractivity contribution in [2.75, 3.05) is 6.54 Å². The van der Waals surface area contributed by atoms with Crippen LogP contribution in [0.15, 0.2) is 18.3 Å². The molecule has 1 saturated heterocycles. The summed E-state index contributed by atoms with van der Waals surface area (Å²) in [6.45, 7) is 6.25. The molecule has 2 heterocycles. The molecule has 5 heteroatoms. The second-order valence-electron chi connectivity index (χ2n) is 5.92. The third-order valence-corrected chi connectivity index (χ3v) is 3.14. The van der Waals surface area contributed by atoms with Crippen molar-refractivity contribution < 1.29 is 9.53 Å². The molecule has 1 aliphatic heterocycles. The summed E-state index contributed by atoms with van der Waals surface area (Å²) < 4.78 is 5.43. The Kier molecular flexibility index (Phi) is 3.93. The lowest BCUT2D eigenvalue weighted by Crippen LogP contribution is -2.36. The predicted octanol–water partition coefficient (Wildman–Crippen LogP) is 3.03. The van der Waals surface area contributed by atoms with Gasteiger partial charge in [-0.15, -0.1) is 0 Å². The van der Waals surface area contributed by atoms with E-state index in [9.17, 15) is 4.79 Å². The first-order valence-electron chi connectivity index (χ1n) is 6.76. The van der Waals surface area contributed by atoms with Gasteiger partial charge >= 0.3 is 6.09 Å². The lowest BCUT2D eigenvalue weighted by Gasteiger charge is -2.28. The van der Waals surface area contributed by atoms with Gasteiger partial charge in [-0.1, -0.05) is 0 Å². The van der Waals surface area contributed by atoms with Gasteiger partial charge in [0.2, 0.25) is 0 Å². The maximum absolute atomic E-state index is 12.2. The van der Waals surface area contributed by atoms with Gasteiger partial charge in [-0.05, 0) is 45.7 Å². The SMILES string of the molecule is CC(C)(C)OC(=O)N1CCCC1c1ccc(C#N)cn1. The van der Waals surface area contributed by atoms with Crippen molar-refractivity contribution in [3.05, 3.63) is 29.6 Å². The monoisotopic (exact) mass is 273 g/mol. The van der Waals surface area contributed by atoms with Crippen LogP contribution in [0, 0.1) is 11.3 Å². The first-order valence-corrected chi connectivity index (χ1v) is 6.76. The lowest BCUT2D eigenvalue weighted by molar-refractivity contribution is 0.0221. The molecule has 1 amide bonds. The second-order valence-corrected chi connectivity index (χ2v) is 5.92. The van der Waals surface area contributed by atoms with Crippen LogP contribution in [0.3, 0.4) is 0 Å². The molecule has 0 aromatic carbocycles. The number of hydrogen-bond acceptors (Lipinski definition) is 4. The van der Waals surface area contributed by atoms with Gasteiger partial charge < -0.3 is 4.74 Å². The zero-order chi connectivity index (χ0) is 14.8. The van der Waals surface area contributed by atoms with Crippen molar-refractivity contribution in [1.82, 2.24) is 9.88 Å². The van der Waals surface area contributed by atoms with Crippen LogP contribution in [0.2, 0.25) is 0 Å². The number of rotatable bonds is 1. The number of carbonyl (C=O) groups excluding carboxylic acids is 1. The fourth-order valence-electron chi connectivity index (χ4n) is 2.28. The highest BCUT2D eigenvalue weighted by molar-refractivity contribution is 5.69. The highest BCUT2D eigenvalue weighted by atomic mass is 16.6. The molecule has 1 unspecified atom stereocenters. The van der Waals surface area contributed by atoms with Gasteiger partial charge in [0.15, 0.2) is 0 Å². The van der Waals surface area contributed by atoms with E-state index in [0.29, 0.717) is 12.1 Å². The average molecular weight is 273 g/mol. The molecule has 0 radical (unpaired) electrons. The molecule has 2 rings (SSSR count). The zero-order valence-electron chi connectivity index (χ0n) is 12.1. The smallest absolute Gasteiger partial charge is 0.410 e. The number of amides is 1. The van der Waals surface area contributed by atoms with Gasteiger partial charge in [0.25, 0.3) is 0 Å². The van der Waals surface area contributed by atoms with E-state index >= 15 is 0 Å². The molecule has 1 aromatic rings. The molecule has 0 spiro atoms. The molecule has 5 nitrogen and oxygen atoms in total. The van der Waals surface area contributed by atoms with Gasteiger partial charge in [-0.25, -0.2) is 4.79 Å². The van der Waals surface area contributed by atoms with Crippen molar-refractivity contribution in [3.63, 3.8) is 0 Å². The Morgan fingerprint density at radius 2 is 2.25 bits per heavy atom. The van der Waals surface area contributed by atoms with E-state index < -0.39 is 5.60 Å². The molecule has 1 aliphatic rings. The molecule has 1 aromatic heterocycles. The second kappa shape index (κ2) is 5.49. The number of likely N-dealkylation sites (tertiary alicyclic amines) is 1. The normalized spacial score (nSPS) is 18.7. The first kappa shape index (κ1) is 14.3. The quantitative estimate of drug-likeness (QED) is 0.788. The largest absolute Gasteiger partial charge is 0.444 e. The Labute approximate surface area is 119 Å². The summed E-state index contributed by atoms with van der Waals surface area (Å²) in [5.74, 6) is 0. The third-order valence-electron chi connectivity index (χ3n) is 3.14. The number of aromatic nitrogens is 1. The maximum Gasteiger partial charge on any atom is 0.410 e. The summed E-state index contributed by atoms with van der Waals surface area (Å²) in [5.41, 5.74) is 0.838. The number of ether oxygens (including phenoxy) is 1. The Hall–Kier alpha value is -2.09. The molecule has 20 heavy (non-hydrogen) atoms. The van der Waals surface area contributed by atoms with Crippen LogP contribution < -0.4 is 0 Å². The van der Waals surface area contributed by atoms with E-state index in [0.717, 1.165) is 18.5 Å². The fraction of sp³-hybridized carbons (Fsp3) is 0.533. The zero-order valence-corrected chi connectivity index (χ0v) is 12.1. The Morgan fingerprint density at radius 3 is 2.80 bits per heavy atom. The maximum atomic E-state index is 12.2. The summed E-state index contributed by atoms with van der Waals surface area (Å²) in [4.78, 5) is 18.2. The molecule has 106 valence electrons. The Morgan fingerprint density at radius 1 is 1.50 bits per heavy atom. The van der Waals surface area contributed by atoms with E-state index in [1.807, 2.05) is 32.9 Å². The van der Waals surface area contributed by atoms with Gasteiger partial charge in [0.1, 0.15) is 11.7 Å². The number of nitriles is 1. The third kappa shape index (κ3) is 3.27. The molecule has 0 bridgehead atoms. The van der Waals surface area contributed by atoms with Crippen LogP contribution in [0.5, 0.6) is 0 Å². The van der Waals surface area contributed by atoms with Crippen molar-refractivity contribution in [2.45, 2.75) is 45.3 Å². The van der Waals surface area contributed by atoms with Crippen LogP contribution >= 0.6 is 0 Å². The van der Waals surface area contributed by atoms with Crippen LogP contribution in [0.4, 0.5) is 4.79 Å². The van der Waals surface area contributed by atoms with E-state index in [2.05, 4.69) is 4.98 Å². The minimum absolute atomic E-state index is 0.0578. The highest BCUT2D eigenvalue weighted by Gasteiger charge is 2.33. The van der Waals surface area contributed by atoms with Crippen molar-refractivity contribution in [1.29, 1.82) is 5.26 Å². The average Bonchev–Trinajstić information content (AvgIpc) is 2.86. The minimum atomic E-state index is -0.498. The molecular weight excluding hydrogens is 254 g/mol. The summed E-state index contributed by atoms with van der Waals surface area (Å²) in [6, 6.07) is 5.53. The van der Waals surface area contributed by atoms with Crippen molar-refractivity contribution in [2.24, 2.45) is 0 Å². The van der Waals surface area contributed by atoms with E-state index in [-0.39, 0.29) is 12.1 Å². The molecule has 1 atom stereocenters. The summed E-state index contributed by atoms with van der Waals surface area (Å²) in [7, 11) is 0. The predicted molar refractivity (Wildman–Crippen MR) is 73.9 cm³/mol. The number of nitrogens with zero attached hydrogens (tertiary/aromatic N) is 3. The minimum Gasteiger partial charge on any atom is -0.444 e. The summed E-state index contributed by atoms with van der Waals surface area (Å²) in [6.07, 6.45) is 3.05.